The molecule has 2 aromatic carbocycles. The Kier molecular flexibility index (Phi) is 17.3. The third-order valence-corrected chi connectivity index (χ3v) is 8.44. The maximum absolute atomic E-state index is 13.3. The average Bonchev–Trinajstić information content (AvgIpc) is 2.99. The molecule has 2 aliphatic heterocycles. The molecule has 0 atom stereocenters. The molecule has 3 heterocycles. The highest BCUT2D eigenvalue weighted by Crippen LogP contribution is 2.49. The molecule has 1 aromatic heterocycles. The Labute approximate surface area is 303 Å². The van der Waals surface area contributed by atoms with E-state index in [-0.39, 0.29) is 66.3 Å². The molecular formula is C28H37Cl4F3N10O2S. The Balaban J connectivity index is 0.000000549. The van der Waals surface area contributed by atoms with E-state index in [1.807, 2.05) is 29.2 Å². The van der Waals surface area contributed by atoms with Crippen LogP contribution in [0.5, 0.6) is 0 Å². The first-order chi connectivity index (χ1) is 21.4. The number of fused-ring (bicyclic) bond motifs is 2. The fraction of sp³-hybridized carbons (Fsp3) is 0.357. The number of aliphatic hydroxyl groups excluding tert-OH is 1. The Bertz CT molecular complexity index is 1550. The molecule has 20 heteroatoms. The van der Waals surface area contributed by atoms with Gasteiger partial charge in [0, 0.05) is 49.1 Å². The zero-order valence-corrected chi connectivity index (χ0v) is 29.4. The number of nitrogens with zero attached hydrogens (tertiary/aromatic N) is 6. The molecule has 3 aromatic rings. The summed E-state index contributed by atoms with van der Waals surface area (Å²) in [5, 5.41) is 8.93. The second-order valence-electron chi connectivity index (χ2n) is 10.1. The number of hydrogen-bond acceptors (Lipinski definition) is 10. The number of halogens is 7. The lowest BCUT2D eigenvalue weighted by Crippen LogP contribution is -2.47. The maximum Gasteiger partial charge on any atom is 0.416 e. The quantitative estimate of drug-likeness (QED) is 0.170. The molecule has 1 saturated heterocycles. The van der Waals surface area contributed by atoms with Crippen LogP contribution < -0.4 is 27.8 Å². The lowest BCUT2D eigenvalue weighted by molar-refractivity contribution is -0.137. The fourth-order valence-electron chi connectivity index (χ4n) is 4.85. The number of aliphatic hydroxyl groups is 1. The van der Waals surface area contributed by atoms with Crippen molar-refractivity contribution in [3.05, 3.63) is 58.9 Å². The molecule has 1 amide bonds. The molecule has 12 nitrogen and oxygen atoms in total. The molecule has 9 N–H and O–H groups in total. The number of benzene rings is 2. The molecule has 48 heavy (non-hydrogen) atoms. The Morgan fingerprint density at radius 3 is 2.10 bits per heavy atom. The highest BCUT2D eigenvalue weighted by atomic mass is 35.5. The first-order valence-corrected chi connectivity index (χ1v) is 15.1. The molecule has 5 rings (SSSR count). The van der Waals surface area contributed by atoms with E-state index in [0.717, 1.165) is 54.6 Å². The highest BCUT2D eigenvalue weighted by Gasteiger charge is 2.33. The summed E-state index contributed by atoms with van der Waals surface area (Å²) in [6.45, 7) is 6.29. The van der Waals surface area contributed by atoms with Crippen molar-refractivity contribution in [3.63, 3.8) is 0 Å². The summed E-state index contributed by atoms with van der Waals surface area (Å²) in [6.07, 6.45) is -3.48. The van der Waals surface area contributed by atoms with Gasteiger partial charge in [0.15, 0.2) is 28.4 Å². The first-order valence-electron chi connectivity index (χ1n) is 13.9. The number of nitrogen functional groups attached to an aromatic ring is 2. The number of carbonyl (C=O) groups is 1. The summed E-state index contributed by atoms with van der Waals surface area (Å²) in [4.78, 5) is 30.4. The number of alkyl halides is 3. The number of aliphatic imine (C=N–C) groups is 1. The number of aromatic nitrogens is 2. The van der Waals surface area contributed by atoms with E-state index >= 15 is 0 Å². The second-order valence-corrected chi connectivity index (χ2v) is 11.6. The standard InChI is InChI=1S/C22H26F3N3OS.C6H8ClN7O.3ClH/c23-22(24,25)17-6-7-21-19(16-17)28(18-4-1-2-5-20(18)30-21)9-3-8-26-10-12-27(13-11-26)14-15-29;7-2-4(9)13-3(8)1(12-2)5(15)14-6(10)11;;;/h1-2,4-7,16,29H,3,8-15H2;(H4,8,9,13)(H4,10,11,14,15);3*1H. The van der Waals surface area contributed by atoms with Crippen LogP contribution in [0.25, 0.3) is 0 Å². The minimum absolute atomic E-state index is 0. The van der Waals surface area contributed by atoms with Crippen molar-refractivity contribution < 1.29 is 23.1 Å². The van der Waals surface area contributed by atoms with Crippen LogP contribution in [-0.2, 0) is 6.18 Å². The van der Waals surface area contributed by atoms with Gasteiger partial charge in [-0.1, -0.05) is 35.5 Å². The van der Waals surface area contributed by atoms with Gasteiger partial charge in [-0.15, -0.1) is 37.2 Å². The van der Waals surface area contributed by atoms with E-state index in [1.165, 1.54) is 23.9 Å². The minimum Gasteiger partial charge on any atom is -0.395 e. The van der Waals surface area contributed by atoms with Gasteiger partial charge >= 0.3 is 12.1 Å². The largest absolute Gasteiger partial charge is 0.416 e. The summed E-state index contributed by atoms with van der Waals surface area (Å²) >= 11 is 7.08. The second kappa shape index (κ2) is 19.3. The molecule has 0 spiro atoms. The predicted molar refractivity (Wildman–Crippen MR) is 191 cm³/mol. The number of amides is 1. The molecule has 266 valence electrons. The van der Waals surface area contributed by atoms with Gasteiger partial charge < -0.3 is 37.8 Å². The number of anilines is 4. The van der Waals surface area contributed by atoms with Crippen LogP contribution in [0.1, 0.15) is 22.5 Å². The van der Waals surface area contributed by atoms with Gasteiger partial charge in [-0.3, -0.25) is 9.69 Å². The number of hydrogen-bond donors (Lipinski definition) is 5. The Morgan fingerprint density at radius 1 is 0.896 bits per heavy atom. The van der Waals surface area contributed by atoms with Crippen molar-refractivity contribution in [2.75, 3.05) is 68.8 Å². The lowest BCUT2D eigenvalue weighted by Gasteiger charge is -2.36. The van der Waals surface area contributed by atoms with Crippen LogP contribution in [0.4, 0.5) is 36.2 Å². The topological polar surface area (TPSA) is 189 Å². The van der Waals surface area contributed by atoms with Gasteiger partial charge in [0.1, 0.15) is 0 Å². The Hall–Kier alpha value is -2.96. The first kappa shape index (κ1) is 43.1. The molecule has 0 saturated carbocycles. The predicted octanol–water partition coefficient (Wildman–Crippen LogP) is 4.28. The minimum atomic E-state index is -4.35. The summed E-state index contributed by atoms with van der Waals surface area (Å²) in [5.74, 6) is -1.50. The van der Waals surface area contributed by atoms with Crippen molar-refractivity contribution in [2.24, 2.45) is 16.5 Å². The van der Waals surface area contributed by atoms with E-state index in [4.69, 9.17) is 39.6 Å². The van der Waals surface area contributed by atoms with Gasteiger partial charge in [-0.05, 0) is 43.3 Å². The van der Waals surface area contributed by atoms with Gasteiger partial charge in [-0.2, -0.15) is 18.2 Å². The van der Waals surface area contributed by atoms with Crippen LogP contribution >= 0.6 is 60.6 Å². The molecule has 1 fully saturated rings. The van der Waals surface area contributed by atoms with Crippen LogP contribution in [0.2, 0.25) is 5.15 Å². The zero-order valence-electron chi connectivity index (χ0n) is 25.4. The van der Waals surface area contributed by atoms with Crippen LogP contribution in [-0.4, -0.2) is 89.2 Å². The molecule has 0 bridgehead atoms. The average molecular weight is 777 g/mol. The number of β-amino-alcohol motifs (C(OH)–C–C–N with tert-alkyl or cyclic N) is 1. The Morgan fingerprint density at radius 2 is 1.50 bits per heavy atom. The summed E-state index contributed by atoms with van der Waals surface area (Å²) < 4.78 is 39.9. The van der Waals surface area contributed by atoms with Crippen molar-refractivity contribution in [3.8, 4) is 0 Å². The van der Waals surface area contributed by atoms with Crippen molar-refractivity contribution >= 4 is 95.5 Å². The molecule has 0 aliphatic carbocycles. The van der Waals surface area contributed by atoms with Crippen LogP contribution in [0.3, 0.4) is 0 Å². The normalized spacial score (nSPS) is 14.1. The van der Waals surface area contributed by atoms with E-state index in [9.17, 15) is 18.0 Å². The van der Waals surface area contributed by atoms with Gasteiger partial charge in [-0.25, -0.2) is 9.97 Å². The van der Waals surface area contributed by atoms with E-state index in [0.29, 0.717) is 18.8 Å². The van der Waals surface area contributed by atoms with E-state index in [1.54, 1.807) is 6.07 Å². The molecular weight excluding hydrogens is 739 g/mol. The number of piperazine rings is 1. The van der Waals surface area contributed by atoms with E-state index < -0.39 is 23.6 Å². The summed E-state index contributed by atoms with van der Waals surface area (Å²) in [5.41, 5.74) is 21.5. The van der Waals surface area contributed by atoms with E-state index in [2.05, 4.69) is 24.8 Å². The molecule has 0 radical (unpaired) electrons. The highest BCUT2D eigenvalue weighted by molar-refractivity contribution is 7.99. The third kappa shape index (κ3) is 11.3. The maximum atomic E-state index is 13.3. The van der Waals surface area contributed by atoms with Gasteiger partial charge in [0.2, 0.25) is 0 Å². The number of nitrogens with two attached hydrogens (primary N) is 4. The zero-order chi connectivity index (χ0) is 32.7. The smallest absolute Gasteiger partial charge is 0.395 e. The molecule has 2 aliphatic rings. The number of carbonyl (C=O) groups excluding carboxylic acids is 1. The number of guanidine groups is 1. The van der Waals surface area contributed by atoms with Crippen molar-refractivity contribution in [1.29, 1.82) is 0 Å². The summed E-state index contributed by atoms with van der Waals surface area (Å²) in [6, 6.07) is 11.9. The lowest BCUT2D eigenvalue weighted by atomic mass is 10.1. The number of para-hydroxylation sites is 1. The van der Waals surface area contributed by atoms with Crippen LogP contribution in [0.15, 0.2) is 57.2 Å². The van der Waals surface area contributed by atoms with Crippen molar-refractivity contribution in [1.82, 2.24) is 19.8 Å². The van der Waals surface area contributed by atoms with Crippen LogP contribution in [0, 0.1) is 0 Å². The molecule has 0 unspecified atom stereocenters. The van der Waals surface area contributed by atoms with Gasteiger partial charge in [0.05, 0.1) is 23.5 Å². The summed E-state index contributed by atoms with van der Waals surface area (Å²) in [7, 11) is 0. The SMILES string of the molecule is Cl.Cl.Cl.NC(N)=NC(=O)c1nc(Cl)c(N)nc1N.OCCN1CCN(CCCN2c3ccccc3Sc3ccc(C(F)(F)F)cc32)CC1. The number of rotatable bonds is 7. The van der Waals surface area contributed by atoms with Crippen molar-refractivity contribution in [2.45, 2.75) is 22.4 Å². The third-order valence-electron chi connectivity index (χ3n) is 7.03. The monoisotopic (exact) mass is 774 g/mol. The fourth-order valence-corrected chi connectivity index (χ4v) is 6.05. The van der Waals surface area contributed by atoms with Gasteiger partial charge in [0.25, 0.3) is 0 Å².